The lowest BCUT2D eigenvalue weighted by atomic mass is 9.96. The maximum absolute atomic E-state index is 2.37. The number of benzene rings is 3. The Morgan fingerprint density at radius 3 is 1.45 bits per heavy atom. The highest BCUT2D eigenvalue weighted by Gasteiger charge is 2.11. The smallest absolute Gasteiger partial charge is 0.0424 e. The van der Waals surface area contributed by atoms with Crippen molar-refractivity contribution in [3.8, 4) is 0 Å². The van der Waals surface area contributed by atoms with Crippen LogP contribution in [0.3, 0.4) is 0 Å². The Hall–Kier alpha value is -1.90. The molecule has 106 valence electrons. The van der Waals surface area contributed by atoms with E-state index in [9.17, 15) is 0 Å². The first-order valence-corrected chi connectivity index (χ1v) is 9.20. The van der Waals surface area contributed by atoms with E-state index in [-0.39, 0.29) is 0 Å². The molecule has 0 atom stereocenters. The van der Waals surface area contributed by atoms with Gasteiger partial charge in [0.05, 0.1) is 0 Å². The van der Waals surface area contributed by atoms with E-state index < -0.39 is 0 Å². The average molecular weight is 318 g/mol. The summed E-state index contributed by atoms with van der Waals surface area (Å²) in [6, 6.07) is 13.8. The molecular weight excluding hydrogens is 304 g/mol. The number of hydrogen-bond donors (Lipinski definition) is 0. The molecule has 0 amide bonds. The highest BCUT2D eigenvalue weighted by molar-refractivity contribution is 7.18. The maximum atomic E-state index is 2.37. The van der Waals surface area contributed by atoms with Crippen molar-refractivity contribution >= 4 is 64.4 Å². The molecule has 0 N–H and O–H groups in total. The van der Waals surface area contributed by atoms with Crippen molar-refractivity contribution in [2.45, 2.75) is 13.8 Å². The minimum Gasteiger partial charge on any atom is -0.143 e. The Bertz CT molecular complexity index is 1090. The molecular formula is C20H14S2. The largest absolute Gasteiger partial charge is 0.143 e. The van der Waals surface area contributed by atoms with Crippen molar-refractivity contribution in [1.29, 1.82) is 0 Å². The average Bonchev–Trinajstić information content (AvgIpc) is 3.17. The fraction of sp³-hybridized carbons (Fsp3) is 0.100. The van der Waals surface area contributed by atoms with Crippen LogP contribution in [0.1, 0.15) is 11.1 Å². The third-order valence-corrected chi connectivity index (χ3v) is 6.57. The lowest BCUT2D eigenvalue weighted by molar-refractivity contribution is 1.56. The Morgan fingerprint density at radius 1 is 0.545 bits per heavy atom. The van der Waals surface area contributed by atoms with Crippen LogP contribution in [0.5, 0.6) is 0 Å². The molecule has 0 nitrogen and oxygen atoms in total. The number of hydrogen-bond acceptors (Lipinski definition) is 2. The van der Waals surface area contributed by atoms with Crippen LogP contribution in [0.4, 0.5) is 0 Å². The van der Waals surface area contributed by atoms with Crippen LogP contribution in [-0.2, 0) is 0 Å². The number of thiophene rings is 2. The van der Waals surface area contributed by atoms with Crippen LogP contribution < -0.4 is 0 Å². The van der Waals surface area contributed by atoms with E-state index in [2.05, 4.69) is 61.0 Å². The first kappa shape index (κ1) is 12.6. The van der Waals surface area contributed by atoms with Crippen molar-refractivity contribution in [2.75, 3.05) is 0 Å². The third kappa shape index (κ3) is 1.52. The second kappa shape index (κ2) is 4.31. The molecule has 2 heterocycles. The quantitative estimate of drug-likeness (QED) is 0.269. The van der Waals surface area contributed by atoms with Crippen LogP contribution in [0.2, 0.25) is 0 Å². The molecule has 5 rings (SSSR count). The van der Waals surface area contributed by atoms with Gasteiger partial charge < -0.3 is 0 Å². The van der Waals surface area contributed by atoms with Gasteiger partial charge in [-0.2, -0.15) is 0 Å². The maximum Gasteiger partial charge on any atom is 0.0424 e. The van der Waals surface area contributed by atoms with Crippen molar-refractivity contribution in [3.63, 3.8) is 0 Å². The number of rotatable bonds is 0. The summed E-state index contributed by atoms with van der Waals surface area (Å²) in [5.74, 6) is 0. The van der Waals surface area contributed by atoms with Crippen molar-refractivity contribution < 1.29 is 0 Å². The summed E-state index contributed by atoms with van der Waals surface area (Å²) >= 11 is 3.70. The fourth-order valence-electron chi connectivity index (χ4n) is 3.59. The summed E-state index contributed by atoms with van der Waals surface area (Å²) in [5, 5.41) is 12.8. The molecule has 0 aliphatic rings. The van der Waals surface area contributed by atoms with Gasteiger partial charge in [-0.3, -0.25) is 0 Å². The molecule has 0 unspecified atom stereocenters. The third-order valence-electron chi connectivity index (χ3n) is 4.68. The summed E-state index contributed by atoms with van der Waals surface area (Å²) in [4.78, 5) is 0. The molecule has 0 radical (unpaired) electrons. The fourth-order valence-corrected chi connectivity index (χ4v) is 5.59. The second-order valence-electron chi connectivity index (χ2n) is 5.97. The monoisotopic (exact) mass is 318 g/mol. The Balaban J connectivity index is 2.12. The zero-order valence-corrected chi connectivity index (χ0v) is 14.1. The van der Waals surface area contributed by atoms with E-state index in [1.807, 2.05) is 22.7 Å². The van der Waals surface area contributed by atoms with Crippen molar-refractivity contribution in [2.24, 2.45) is 0 Å². The first-order valence-electron chi connectivity index (χ1n) is 7.44. The van der Waals surface area contributed by atoms with Gasteiger partial charge in [-0.15, -0.1) is 22.7 Å². The predicted molar refractivity (Wildman–Crippen MR) is 102 cm³/mol. The zero-order valence-electron chi connectivity index (χ0n) is 12.4. The van der Waals surface area contributed by atoms with Gasteiger partial charge in [-0.05, 0) is 69.4 Å². The molecule has 2 heteroatoms. The standard InChI is InChI=1S/C20H14S2/c1-11-9-17-15(19-13(11)5-7-21-19)3-4-16-18(17)10-12(2)14-6-8-22-20(14)16/h3-10H,1-2H3. The molecule has 0 bridgehead atoms. The molecule has 0 saturated heterocycles. The van der Waals surface area contributed by atoms with E-state index in [1.165, 1.54) is 52.8 Å². The van der Waals surface area contributed by atoms with Crippen LogP contribution in [0.15, 0.2) is 47.2 Å². The van der Waals surface area contributed by atoms with E-state index in [0.29, 0.717) is 0 Å². The molecule has 3 aromatic carbocycles. The first-order chi connectivity index (χ1) is 10.7. The highest BCUT2D eigenvalue weighted by atomic mass is 32.1. The van der Waals surface area contributed by atoms with E-state index >= 15 is 0 Å². The summed E-state index contributed by atoms with van der Waals surface area (Å²) in [5.41, 5.74) is 2.75. The lowest BCUT2D eigenvalue weighted by Gasteiger charge is -2.10. The lowest BCUT2D eigenvalue weighted by Crippen LogP contribution is -1.83. The molecule has 0 spiro atoms. The Kier molecular flexibility index (Phi) is 2.47. The number of aryl methyl sites for hydroxylation is 2. The Labute approximate surface area is 136 Å². The van der Waals surface area contributed by atoms with E-state index in [0.717, 1.165) is 0 Å². The molecule has 2 aromatic heterocycles. The second-order valence-corrected chi connectivity index (χ2v) is 7.80. The summed E-state index contributed by atoms with van der Waals surface area (Å²) in [7, 11) is 0. The van der Waals surface area contributed by atoms with Gasteiger partial charge in [0.15, 0.2) is 0 Å². The van der Waals surface area contributed by atoms with Gasteiger partial charge >= 0.3 is 0 Å². The van der Waals surface area contributed by atoms with Gasteiger partial charge in [0.25, 0.3) is 0 Å². The molecule has 22 heavy (non-hydrogen) atoms. The molecule has 0 aliphatic carbocycles. The minimum atomic E-state index is 1.38. The van der Waals surface area contributed by atoms with Crippen LogP contribution in [0.25, 0.3) is 41.7 Å². The molecule has 0 aliphatic heterocycles. The summed E-state index contributed by atoms with van der Waals surface area (Å²) in [6.07, 6.45) is 0. The summed E-state index contributed by atoms with van der Waals surface area (Å²) in [6.45, 7) is 4.45. The van der Waals surface area contributed by atoms with E-state index in [4.69, 9.17) is 0 Å². The summed E-state index contributed by atoms with van der Waals surface area (Å²) < 4.78 is 2.83. The molecule has 0 fully saturated rings. The molecule has 0 saturated carbocycles. The van der Waals surface area contributed by atoms with Gasteiger partial charge in [0.2, 0.25) is 0 Å². The number of fused-ring (bicyclic) bond motifs is 7. The topological polar surface area (TPSA) is 0 Å². The van der Waals surface area contributed by atoms with Gasteiger partial charge in [-0.25, -0.2) is 0 Å². The normalized spacial score (nSPS) is 12.1. The predicted octanol–water partition coefficient (Wildman–Crippen LogP) is 7.04. The molecule has 5 aromatic rings. The van der Waals surface area contributed by atoms with Crippen molar-refractivity contribution in [1.82, 2.24) is 0 Å². The highest BCUT2D eigenvalue weighted by Crippen LogP contribution is 2.40. The van der Waals surface area contributed by atoms with Gasteiger partial charge in [0, 0.05) is 20.2 Å². The van der Waals surface area contributed by atoms with Gasteiger partial charge in [0.1, 0.15) is 0 Å². The van der Waals surface area contributed by atoms with E-state index in [1.54, 1.807) is 0 Å². The van der Waals surface area contributed by atoms with Crippen molar-refractivity contribution in [3.05, 3.63) is 58.3 Å². The van der Waals surface area contributed by atoms with Crippen LogP contribution >= 0.6 is 22.7 Å². The Morgan fingerprint density at radius 2 is 1.00 bits per heavy atom. The minimum absolute atomic E-state index is 1.38. The van der Waals surface area contributed by atoms with Crippen LogP contribution in [0, 0.1) is 13.8 Å². The zero-order chi connectivity index (χ0) is 14.8. The van der Waals surface area contributed by atoms with Gasteiger partial charge in [-0.1, -0.05) is 24.3 Å². The van der Waals surface area contributed by atoms with Crippen LogP contribution in [-0.4, -0.2) is 0 Å². The SMILES string of the molecule is Cc1cc2c3cc(C)c4ccsc4c3ccc2c2sccc12.